The summed E-state index contributed by atoms with van der Waals surface area (Å²) in [5.74, 6) is -0.707. The average molecular weight is 279 g/mol. The topological polar surface area (TPSA) is 55.4 Å². The molecule has 0 heterocycles. The molecule has 1 aromatic carbocycles. The monoisotopic (exact) mass is 279 g/mol. The lowest BCUT2D eigenvalue weighted by Crippen LogP contribution is -2.33. The van der Waals surface area contributed by atoms with Crippen LogP contribution in [0, 0.1) is 5.92 Å². The van der Waals surface area contributed by atoms with Gasteiger partial charge in [-0.1, -0.05) is 64.4 Å². The molecule has 0 spiro atoms. The second-order valence-corrected chi connectivity index (χ2v) is 4.73. The van der Waals surface area contributed by atoms with Gasteiger partial charge in [-0.2, -0.15) is 0 Å². The summed E-state index contributed by atoms with van der Waals surface area (Å²) in [6.45, 7) is 7.94. The van der Waals surface area contributed by atoms with Crippen molar-refractivity contribution in [2.75, 3.05) is 6.54 Å². The lowest BCUT2D eigenvalue weighted by atomic mass is 10.2. The molecule has 4 nitrogen and oxygen atoms in total. The minimum atomic E-state index is -0.428. The predicted molar refractivity (Wildman–Crippen MR) is 80.1 cm³/mol. The van der Waals surface area contributed by atoms with Crippen LogP contribution in [0.4, 0.5) is 0 Å². The predicted octanol–water partition coefficient (Wildman–Crippen LogP) is 2.92. The summed E-state index contributed by atoms with van der Waals surface area (Å²) in [7, 11) is 0. The van der Waals surface area contributed by atoms with Gasteiger partial charge in [0.2, 0.25) is 5.91 Å². The van der Waals surface area contributed by atoms with E-state index >= 15 is 0 Å². The lowest BCUT2D eigenvalue weighted by molar-refractivity contribution is -0.145. The van der Waals surface area contributed by atoms with E-state index in [1.807, 2.05) is 30.3 Å². The average Bonchev–Trinajstić information content (AvgIpc) is 2.44. The summed E-state index contributed by atoms with van der Waals surface area (Å²) in [6.07, 6.45) is 1.25. The quantitative estimate of drug-likeness (QED) is 0.843. The van der Waals surface area contributed by atoms with Crippen LogP contribution in [0.15, 0.2) is 30.3 Å². The van der Waals surface area contributed by atoms with Crippen LogP contribution in [0.3, 0.4) is 0 Å². The van der Waals surface area contributed by atoms with Gasteiger partial charge in [0, 0.05) is 5.92 Å². The zero-order chi connectivity index (χ0) is 15.4. The van der Waals surface area contributed by atoms with Crippen LogP contribution in [0.1, 0.15) is 39.7 Å². The van der Waals surface area contributed by atoms with Crippen LogP contribution < -0.4 is 5.32 Å². The summed E-state index contributed by atoms with van der Waals surface area (Å²) in [4.78, 5) is 22.5. The Labute approximate surface area is 121 Å². The highest BCUT2D eigenvalue weighted by atomic mass is 16.5. The van der Waals surface area contributed by atoms with Gasteiger partial charge in [0.05, 0.1) is 0 Å². The number of rotatable bonds is 5. The van der Waals surface area contributed by atoms with Crippen molar-refractivity contribution in [2.45, 2.75) is 40.7 Å². The van der Waals surface area contributed by atoms with Crippen LogP contribution >= 0.6 is 0 Å². The molecule has 1 N–H and O–H groups in total. The number of esters is 1. The van der Waals surface area contributed by atoms with Crippen LogP contribution in [-0.4, -0.2) is 18.4 Å². The molecule has 0 aliphatic heterocycles. The molecule has 1 amide bonds. The number of ether oxygens (including phenoxy) is 1. The first kappa shape index (κ1) is 18.2. The fraction of sp³-hybridized carbons (Fsp3) is 0.500. The van der Waals surface area contributed by atoms with E-state index in [1.54, 1.807) is 13.8 Å². The molecular weight excluding hydrogens is 254 g/mol. The molecule has 0 unspecified atom stereocenters. The van der Waals surface area contributed by atoms with Gasteiger partial charge < -0.3 is 10.1 Å². The molecular formula is C16H25NO3. The molecule has 0 bridgehead atoms. The van der Waals surface area contributed by atoms with Gasteiger partial charge in [0.1, 0.15) is 13.2 Å². The highest BCUT2D eigenvalue weighted by Crippen LogP contribution is 2.00. The summed E-state index contributed by atoms with van der Waals surface area (Å²) in [5, 5.41) is 2.50. The van der Waals surface area contributed by atoms with Gasteiger partial charge in [0.15, 0.2) is 0 Å². The zero-order valence-electron chi connectivity index (χ0n) is 12.8. The number of benzene rings is 1. The molecule has 0 aromatic heterocycles. The van der Waals surface area contributed by atoms with Crippen molar-refractivity contribution in [2.24, 2.45) is 5.92 Å². The number of hydrogen-bond donors (Lipinski definition) is 1. The van der Waals surface area contributed by atoms with Gasteiger partial charge in [-0.3, -0.25) is 9.59 Å². The van der Waals surface area contributed by atoms with E-state index in [2.05, 4.69) is 19.2 Å². The largest absolute Gasteiger partial charge is 0.460 e. The Balaban J connectivity index is 0.00000110. The van der Waals surface area contributed by atoms with Crippen LogP contribution in [0.5, 0.6) is 0 Å². The third kappa shape index (κ3) is 9.14. The van der Waals surface area contributed by atoms with Crippen molar-refractivity contribution in [1.29, 1.82) is 0 Å². The third-order valence-electron chi connectivity index (χ3n) is 2.17. The van der Waals surface area contributed by atoms with Crippen LogP contribution in [-0.2, 0) is 20.9 Å². The summed E-state index contributed by atoms with van der Waals surface area (Å²) in [6, 6.07) is 9.40. The lowest BCUT2D eigenvalue weighted by Gasteiger charge is -2.08. The molecule has 0 fully saturated rings. The number of carbonyl (C=O) groups is 2. The number of amides is 1. The van der Waals surface area contributed by atoms with Crippen LogP contribution in [0.2, 0.25) is 0 Å². The highest BCUT2D eigenvalue weighted by molar-refractivity contribution is 5.82. The Morgan fingerprint density at radius 3 is 2.20 bits per heavy atom. The smallest absolute Gasteiger partial charge is 0.325 e. The Kier molecular flexibility index (Phi) is 10.0. The Bertz CT molecular complexity index is 388. The molecule has 0 atom stereocenters. The molecule has 112 valence electrons. The van der Waals surface area contributed by atoms with Crippen molar-refractivity contribution in [3.8, 4) is 0 Å². The fourth-order valence-electron chi connectivity index (χ4n) is 1.15. The van der Waals surface area contributed by atoms with Gasteiger partial charge >= 0.3 is 5.97 Å². The number of carbonyl (C=O) groups excluding carboxylic acids is 2. The molecule has 0 saturated heterocycles. The first-order valence-corrected chi connectivity index (χ1v) is 6.98. The van der Waals surface area contributed by atoms with Gasteiger partial charge in [-0.15, -0.1) is 0 Å². The second kappa shape index (κ2) is 11.0. The minimum absolute atomic E-state index is 0.0795. The maximum atomic E-state index is 11.3. The first-order valence-electron chi connectivity index (χ1n) is 6.98. The van der Waals surface area contributed by atoms with Crippen molar-refractivity contribution >= 4 is 11.9 Å². The summed E-state index contributed by atoms with van der Waals surface area (Å²) < 4.78 is 5.00. The normalized spacial score (nSPS) is 9.45. The Hall–Kier alpha value is -1.84. The Morgan fingerprint density at radius 2 is 1.70 bits per heavy atom. The summed E-state index contributed by atoms with van der Waals surface area (Å²) >= 11 is 0. The summed E-state index contributed by atoms with van der Waals surface area (Å²) in [5.41, 5.74) is 0.927. The molecule has 0 radical (unpaired) electrons. The Morgan fingerprint density at radius 1 is 1.15 bits per heavy atom. The molecule has 0 saturated carbocycles. The number of hydrogen-bond acceptors (Lipinski definition) is 3. The van der Waals surface area contributed by atoms with Crippen molar-refractivity contribution in [1.82, 2.24) is 5.32 Å². The molecule has 4 heteroatoms. The maximum Gasteiger partial charge on any atom is 0.325 e. The zero-order valence-corrected chi connectivity index (χ0v) is 12.8. The van der Waals surface area contributed by atoms with Crippen LogP contribution in [0.25, 0.3) is 0 Å². The number of nitrogens with one attached hydrogen (secondary N) is 1. The van der Waals surface area contributed by atoms with E-state index in [4.69, 9.17) is 4.74 Å². The standard InChI is InChI=1S/C13H17NO3.C3H8/c1-10(2)13(16)14-8-12(15)17-9-11-6-4-3-5-7-11;1-3-2/h3-7,10H,8-9H2,1-2H3,(H,14,16);3H2,1-2H3. The molecule has 20 heavy (non-hydrogen) atoms. The molecule has 0 aliphatic carbocycles. The van der Waals surface area contributed by atoms with Gasteiger partial charge in [0.25, 0.3) is 0 Å². The molecule has 1 aromatic rings. The van der Waals surface area contributed by atoms with Gasteiger partial charge in [-0.05, 0) is 5.56 Å². The van der Waals surface area contributed by atoms with Gasteiger partial charge in [-0.25, -0.2) is 0 Å². The van der Waals surface area contributed by atoms with Crippen molar-refractivity contribution in [3.05, 3.63) is 35.9 Å². The SMILES string of the molecule is CC(C)C(=O)NCC(=O)OCc1ccccc1.CCC. The van der Waals surface area contributed by atoms with E-state index < -0.39 is 5.97 Å². The molecule has 1 rings (SSSR count). The third-order valence-corrected chi connectivity index (χ3v) is 2.17. The van der Waals surface area contributed by atoms with Crippen molar-refractivity contribution < 1.29 is 14.3 Å². The molecule has 0 aliphatic rings. The minimum Gasteiger partial charge on any atom is -0.460 e. The van der Waals surface area contributed by atoms with Crippen molar-refractivity contribution in [3.63, 3.8) is 0 Å². The highest BCUT2D eigenvalue weighted by Gasteiger charge is 2.09. The van der Waals surface area contributed by atoms with E-state index in [0.29, 0.717) is 0 Å². The second-order valence-electron chi connectivity index (χ2n) is 4.73. The maximum absolute atomic E-state index is 11.3. The van der Waals surface area contributed by atoms with E-state index in [9.17, 15) is 9.59 Å². The first-order chi connectivity index (χ1) is 9.51. The van der Waals surface area contributed by atoms with E-state index in [-0.39, 0.29) is 25.0 Å². The van der Waals surface area contributed by atoms with E-state index in [1.165, 1.54) is 6.42 Å². The van der Waals surface area contributed by atoms with E-state index in [0.717, 1.165) is 5.56 Å². The fourth-order valence-corrected chi connectivity index (χ4v) is 1.15.